The first-order valence-electron chi connectivity index (χ1n) is 5.93. The molecule has 1 unspecified atom stereocenters. The van der Waals surface area contributed by atoms with Crippen LogP contribution in [0.25, 0.3) is 0 Å². The van der Waals surface area contributed by atoms with Crippen molar-refractivity contribution in [2.24, 2.45) is 0 Å². The average molecular weight is 306 g/mol. The summed E-state index contributed by atoms with van der Waals surface area (Å²) in [5.74, 6) is -0.256. The fourth-order valence-electron chi connectivity index (χ4n) is 2.70. The molecule has 1 aromatic rings. The molecule has 2 fully saturated rings. The van der Waals surface area contributed by atoms with Gasteiger partial charge in [0.1, 0.15) is 17.5 Å². The molecule has 1 aliphatic heterocycles. The lowest BCUT2D eigenvalue weighted by Gasteiger charge is -2.22. The van der Waals surface area contributed by atoms with Crippen molar-refractivity contribution < 1.29 is 19.3 Å². The van der Waals surface area contributed by atoms with Gasteiger partial charge < -0.3 is 20.7 Å². The summed E-state index contributed by atoms with van der Waals surface area (Å²) in [5, 5.41) is 19.7. The van der Waals surface area contributed by atoms with Crippen molar-refractivity contribution in [3.8, 4) is 0 Å². The lowest BCUT2D eigenvalue weighted by molar-refractivity contribution is -0.0868. The number of hydrogen-bond donors (Lipinski definition) is 3. The summed E-state index contributed by atoms with van der Waals surface area (Å²) in [7, 11) is 0. The third-order valence-electron chi connectivity index (χ3n) is 4.10. The zero-order valence-electron chi connectivity index (χ0n) is 10.5. The van der Waals surface area contributed by atoms with Crippen LogP contribution >= 0.6 is 11.6 Å². The number of hydrogen-bond acceptors (Lipinski definition) is 6. The molecule has 0 amide bonds. The van der Waals surface area contributed by atoms with Gasteiger partial charge in [-0.15, -0.1) is 11.6 Å². The van der Waals surface area contributed by atoms with E-state index in [1.54, 1.807) is 6.92 Å². The zero-order valence-corrected chi connectivity index (χ0v) is 11.2. The first-order chi connectivity index (χ1) is 9.29. The van der Waals surface area contributed by atoms with Crippen LogP contribution in [0, 0.1) is 6.92 Å². The lowest BCUT2D eigenvalue weighted by Crippen LogP contribution is -2.38. The van der Waals surface area contributed by atoms with Gasteiger partial charge in [0, 0.05) is 11.8 Å². The Morgan fingerprint density at radius 2 is 2.35 bits per heavy atom. The number of halogens is 2. The molecular weight excluding hydrogens is 293 g/mol. The molecule has 7 nitrogen and oxygen atoms in total. The molecule has 5 atom stereocenters. The van der Waals surface area contributed by atoms with Crippen molar-refractivity contribution in [3.05, 3.63) is 22.2 Å². The smallest absolute Gasteiger partial charge is 0.351 e. The minimum atomic E-state index is -2.10. The number of aliphatic hydroxyl groups is 2. The molecule has 0 bridgehead atoms. The lowest BCUT2D eigenvalue weighted by atomic mass is 10.1. The number of fused-ring (bicyclic) bond motifs is 1. The van der Waals surface area contributed by atoms with Gasteiger partial charge in [-0.05, 0) is 6.92 Å². The first kappa shape index (κ1) is 13.7. The van der Waals surface area contributed by atoms with Crippen LogP contribution in [0.1, 0.15) is 11.8 Å². The standard InChI is InChI=1S/C11H13ClFN3O4/c1-4-2-16(9(18)15-6(4)14)7-5(13)11(19)8(17)10(11,3-12)20-7/h2,5,7-8,17,19H,3H2,1H3,(H2,14,15,18)/t5-,7+,8?,10+,11+/m0/s1. The third-order valence-corrected chi connectivity index (χ3v) is 4.50. The Bertz CT molecular complexity index is 637. The molecule has 1 aliphatic carbocycles. The Balaban J connectivity index is 2.03. The van der Waals surface area contributed by atoms with Gasteiger partial charge >= 0.3 is 5.69 Å². The number of aromatic nitrogens is 2. The van der Waals surface area contributed by atoms with Gasteiger partial charge in [0.15, 0.2) is 18.0 Å². The molecule has 0 spiro atoms. The Morgan fingerprint density at radius 1 is 1.70 bits per heavy atom. The molecule has 1 saturated carbocycles. The van der Waals surface area contributed by atoms with Crippen molar-refractivity contribution in [3.63, 3.8) is 0 Å². The number of nitrogens with zero attached hydrogens (tertiary/aromatic N) is 2. The number of nitrogen functional groups attached to an aromatic ring is 1. The van der Waals surface area contributed by atoms with Crippen molar-refractivity contribution in [2.45, 2.75) is 36.6 Å². The second kappa shape index (κ2) is 3.91. The van der Waals surface area contributed by atoms with E-state index >= 15 is 0 Å². The highest BCUT2D eigenvalue weighted by Crippen LogP contribution is 2.63. The Kier molecular flexibility index (Phi) is 2.69. The molecule has 110 valence electrons. The summed E-state index contributed by atoms with van der Waals surface area (Å²) in [4.78, 5) is 15.3. The quantitative estimate of drug-likeness (QED) is 0.610. The Hall–Kier alpha value is -1.22. The Morgan fingerprint density at radius 3 is 2.90 bits per heavy atom. The van der Waals surface area contributed by atoms with E-state index in [1.807, 2.05) is 0 Å². The van der Waals surface area contributed by atoms with Crippen molar-refractivity contribution >= 4 is 17.4 Å². The summed E-state index contributed by atoms with van der Waals surface area (Å²) in [6, 6.07) is 0. The molecule has 9 heteroatoms. The summed E-state index contributed by atoms with van der Waals surface area (Å²) in [6.07, 6.45) is -3.53. The van der Waals surface area contributed by atoms with E-state index in [1.165, 1.54) is 6.20 Å². The molecule has 20 heavy (non-hydrogen) atoms. The molecule has 0 aromatic carbocycles. The van der Waals surface area contributed by atoms with Crippen molar-refractivity contribution in [1.29, 1.82) is 0 Å². The summed E-state index contributed by atoms with van der Waals surface area (Å²) in [5.41, 5.74) is 1.46. The number of anilines is 1. The number of alkyl halides is 2. The monoisotopic (exact) mass is 305 g/mol. The molecule has 4 N–H and O–H groups in total. The first-order valence-corrected chi connectivity index (χ1v) is 6.46. The molecule has 2 aliphatic rings. The van der Waals surface area contributed by atoms with Crippen molar-refractivity contribution in [1.82, 2.24) is 9.55 Å². The summed E-state index contributed by atoms with van der Waals surface area (Å²) < 4.78 is 20.6. The summed E-state index contributed by atoms with van der Waals surface area (Å²) >= 11 is 5.65. The number of ether oxygens (including phenoxy) is 1. The van der Waals surface area contributed by atoms with E-state index in [0.29, 0.717) is 5.56 Å². The molecule has 1 saturated heterocycles. The maximum Gasteiger partial charge on any atom is 0.351 e. The predicted octanol–water partition coefficient (Wildman–Crippen LogP) is -0.916. The highest BCUT2D eigenvalue weighted by Gasteiger charge is 2.87. The van der Waals surface area contributed by atoms with E-state index in [9.17, 15) is 19.4 Å². The van der Waals surface area contributed by atoms with Gasteiger partial charge in [0.05, 0.1) is 5.88 Å². The zero-order chi connectivity index (χ0) is 14.9. The highest BCUT2D eigenvalue weighted by molar-refractivity contribution is 6.19. The van der Waals surface area contributed by atoms with Gasteiger partial charge in [-0.3, -0.25) is 4.57 Å². The SMILES string of the molecule is Cc1cn([C@@H]2O[C@]3(CCl)C(O)[C@]3(O)[C@H]2F)c(=O)nc1N. The normalized spacial score (nSPS) is 42.5. The van der Waals surface area contributed by atoms with Gasteiger partial charge in [-0.1, -0.05) is 0 Å². The number of nitrogens with two attached hydrogens (primary N) is 1. The van der Waals surface area contributed by atoms with E-state index in [4.69, 9.17) is 22.1 Å². The van der Waals surface area contributed by atoms with E-state index in [0.717, 1.165) is 4.57 Å². The topological polar surface area (TPSA) is 111 Å². The van der Waals surface area contributed by atoms with E-state index in [2.05, 4.69) is 4.98 Å². The largest absolute Gasteiger partial charge is 0.387 e. The second-order valence-corrected chi connectivity index (χ2v) is 5.43. The molecule has 0 radical (unpaired) electrons. The van der Waals surface area contributed by atoms with E-state index < -0.39 is 35.4 Å². The number of aryl methyl sites for hydroxylation is 1. The van der Waals surface area contributed by atoms with Crippen LogP contribution in [-0.4, -0.2) is 49.1 Å². The number of aliphatic hydroxyl groups excluding tert-OH is 1. The number of rotatable bonds is 2. The van der Waals surface area contributed by atoms with Crippen LogP contribution in [0.3, 0.4) is 0 Å². The maximum absolute atomic E-state index is 14.4. The highest BCUT2D eigenvalue weighted by atomic mass is 35.5. The van der Waals surface area contributed by atoms with Crippen LogP contribution in [-0.2, 0) is 4.74 Å². The van der Waals surface area contributed by atoms with Crippen LogP contribution in [0.4, 0.5) is 10.2 Å². The summed E-state index contributed by atoms with van der Waals surface area (Å²) in [6.45, 7) is 1.60. The molecule has 3 rings (SSSR count). The van der Waals surface area contributed by atoms with E-state index in [-0.39, 0.29) is 11.7 Å². The van der Waals surface area contributed by atoms with Crippen LogP contribution < -0.4 is 11.4 Å². The molecule has 1 aromatic heterocycles. The van der Waals surface area contributed by atoms with Gasteiger partial charge in [-0.2, -0.15) is 4.98 Å². The average Bonchev–Trinajstić information content (AvgIpc) is 2.76. The van der Waals surface area contributed by atoms with Crippen LogP contribution in [0.15, 0.2) is 11.0 Å². The Labute approximate surface area is 117 Å². The third kappa shape index (κ3) is 1.34. The maximum atomic E-state index is 14.4. The minimum Gasteiger partial charge on any atom is -0.387 e. The second-order valence-electron chi connectivity index (χ2n) is 5.16. The minimum absolute atomic E-state index is 0.0376. The predicted molar refractivity (Wildman–Crippen MR) is 67.1 cm³/mol. The van der Waals surface area contributed by atoms with Gasteiger partial charge in [0.2, 0.25) is 0 Å². The van der Waals surface area contributed by atoms with Crippen LogP contribution in [0.5, 0.6) is 0 Å². The van der Waals surface area contributed by atoms with Gasteiger partial charge in [0.25, 0.3) is 0 Å². The fraction of sp³-hybridized carbons (Fsp3) is 0.636. The fourth-order valence-corrected chi connectivity index (χ4v) is 3.12. The van der Waals surface area contributed by atoms with Crippen LogP contribution in [0.2, 0.25) is 0 Å². The van der Waals surface area contributed by atoms with Gasteiger partial charge in [-0.25, -0.2) is 9.18 Å². The van der Waals surface area contributed by atoms with Crippen molar-refractivity contribution in [2.75, 3.05) is 11.6 Å². The molecular formula is C11H13ClFN3O4. The molecule has 2 heterocycles.